The van der Waals surface area contributed by atoms with Crippen molar-refractivity contribution in [1.82, 2.24) is 4.72 Å². The Morgan fingerprint density at radius 2 is 1.95 bits per heavy atom. The van der Waals surface area contributed by atoms with Gasteiger partial charge in [0.1, 0.15) is 4.21 Å². The zero-order valence-electron chi connectivity index (χ0n) is 12.1. The Morgan fingerprint density at radius 1 is 1.23 bits per heavy atom. The number of aliphatic carboxylic acids is 1. The molecule has 3 saturated carbocycles. The number of carboxylic acids is 1. The molecule has 3 aliphatic rings. The summed E-state index contributed by atoms with van der Waals surface area (Å²) >= 11 is 1.24. The van der Waals surface area contributed by atoms with Crippen molar-refractivity contribution in [2.45, 2.75) is 48.3 Å². The Balaban J connectivity index is 1.59. The van der Waals surface area contributed by atoms with Gasteiger partial charge in [-0.15, -0.1) is 11.3 Å². The minimum atomic E-state index is -3.61. The molecule has 0 unspecified atom stereocenters. The Labute approximate surface area is 133 Å². The highest BCUT2D eigenvalue weighted by Gasteiger charge is 2.57. The first-order valence-electron chi connectivity index (χ1n) is 7.81. The third kappa shape index (κ3) is 2.21. The molecule has 0 aliphatic heterocycles. The lowest BCUT2D eigenvalue weighted by Gasteiger charge is -2.46. The van der Waals surface area contributed by atoms with Crippen molar-refractivity contribution < 1.29 is 18.3 Å². The van der Waals surface area contributed by atoms with E-state index in [2.05, 4.69) is 4.72 Å². The number of carboxylic acid groups (broad SMARTS) is 1. The van der Waals surface area contributed by atoms with Gasteiger partial charge < -0.3 is 5.11 Å². The second kappa shape index (κ2) is 5.04. The molecule has 2 N–H and O–H groups in total. The van der Waals surface area contributed by atoms with Crippen molar-refractivity contribution in [3.8, 4) is 0 Å². The number of hydrogen-bond acceptors (Lipinski definition) is 4. The monoisotopic (exact) mass is 341 g/mol. The van der Waals surface area contributed by atoms with Gasteiger partial charge in [-0.1, -0.05) is 6.42 Å². The highest BCUT2D eigenvalue weighted by Crippen LogP contribution is 2.52. The lowest BCUT2D eigenvalue weighted by molar-refractivity contribution is -0.152. The van der Waals surface area contributed by atoms with Crippen molar-refractivity contribution in [2.24, 2.45) is 17.8 Å². The molecule has 1 aromatic rings. The Morgan fingerprint density at radius 3 is 2.64 bits per heavy atom. The van der Waals surface area contributed by atoms with Crippen LogP contribution in [0.5, 0.6) is 0 Å². The van der Waals surface area contributed by atoms with E-state index in [-0.39, 0.29) is 11.8 Å². The van der Waals surface area contributed by atoms with Crippen LogP contribution >= 0.6 is 11.3 Å². The van der Waals surface area contributed by atoms with Gasteiger partial charge in [0.2, 0.25) is 0 Å². The van der Waals surface area contributed by atoms with E-state index in [1.165, 1.54) is 11.3 Å². The molecule has 5 nitrogen and oxygen atoms in total. The Hall–Kier alpha value is -0.920. The van der Waals surface area contributed by atoms with Crippen LogP contribution < -0.4 is 4.72 Å². The quantitative estimate of drug-likeness (QED) is 0.861. The first-order chi connectivity index (χ1) is 10.5. The molecule has 1 heterocycles. The minimum absolute atomic E-state index is 0.149. The fraction of sp³-hybridized carbons (Fsp3) is 0.667. The van der Waals surface area contributed by atoms with Gasteiger partial charge in [-0.2, -0.15) is 0 Å². The van der Waals surface area contributed by atoms with Crippen LogP contribution in [0, 0.1) is 17.8 Å². The number of rotatable bonds is 5. The largest absolute Gasteiger partial charge is 0.481 e. The van der Waals surface area contributed by atoms with Crippen molar-refractivity contribution in [2.75, 3.05) is 0 Å². The van der Waals surface area contributed by atoms with Crippen LogP contribution in [0.2, 0.25) is 0 Å². The first-order valence-corrected chi connectivity index (χ1v) is 10.2. The highest BCUT2D eigenvalue weighted by molar-refractivity contribution is 7.91. The van der Waals surface area contributed by atoms with Gasteiger partial charge in [-0.25, -0.2) is 13.1 Å². The molecule has 0 bridgehead atoms. The van der Waals surface area contributed by atoms with Crippen LogP contribution in [0.4, 0.5) is 0 Å². The van der Waals surface area contributed by atoms with Crippen LogP contribution in [-0.4, -0.2) is 25.5 Å². The van der Waals surface area contributed by atoms with E-state index in [0.717, 1.165) is 37.7 Å². The van der Waals surface area contributed by atoms with Gasteiger partial charge in [0.15, 0.2) is 0 Å². The summed E-state index contributed by atoms with van der Waals surface area (Å²) in [5.41, 5.74) is 0.909. The maximum Gasteiger partial charge on any atom is 0.308 e. The summed E-state index contributed by atoms with van der Waals surface area (Å²) in [5.74, 6) is -0.721. The fourth-order valence-electron chi connectivity index (χ4n) is 4.25. The zero-order valence-corrected chi connectivity index (χ0v) is 13.7. The van der Waals surface area contributed by atoms with Crippen LogP contribution in [0.1, 0.15) is 43.6 Å². The summed E-state index contributed by atoms with van der Waals surface area (Å²) in [7, 11) is -3.61. The zero-order chi connectivity index (χ0) is 15.5. The first kappa shape index (κ1) is 14.7. The van der Waals surface area contributed by atoms with Crippen molar-refractivity contribution in [1.29, 1.82) is 0 Å². The maximum atomic E-state index is 12.7. The number of sulfonamides is 1. The second-order valence-electron chi connectivity index (χ2n) is 6.71. The minimum Gasteiger partial charge on any atom is -0.481 e. The molecule has 0 saturated heterocycles. The van der Waals surface area contributed by atoms with Crippen molar-refractivity contribution in [3.63, 3.8) is 0 Å². The third-order valence-corrected chi connectivity index (χ3v) is 8.41. The van der Waals surface area contributed by atoms with Gasteiger partial charge in [0, 0.05) is 6.04 Å². The average molecular weight is 341 g/mol. The predicted octanol–water partition coefficient (Wildman–Crippen LogP) is 2.40. The molecule has 0 radical (unpaired) electrons. The van der Waals surface area contributed by atoms with Gasteiger partial charge in [-0.3, -0.25) is 4.79 Å². The molecule has 7 heteroatoms. The number of hydrogen-bond donors (Lipinski definition) is 2. The molecule has 0 aromatic carbocycles. The highest BCUT2D eigenvalue weighted by atomic mass is 32.2. The molecule has 0 spiro atoms. The predicted molar refractivity (Wildman–Crippen MR) is 82.4 cm³/mol. The van der Waals surface area contributed by atoms with E-state index in [1.807, 2.05) is 11.4 Å². The third-order valence-electron chi connectivity index (χ3n) is 5.43. The van der Waals surface area contributed by atoms with Gasteiger partial charge >= 0.3 is 5.97 Å². The maximum absolute atomic E-state index is 12.7. The number of fused-ring (bicyclic) bond motifs is 1. The molecule has 3 aliphatic carbocycles. The summed E-state index contributed by atoms with van der Waals surface area (Å²) < 4.78 is 28.5. The average Bonchev–Trinajstić information content (AvgIpc) is 3.01. The molecule has 120 valence electrons. The SMILES string of the molecule is O=C(O)[C@H]1[C@H]2CCC[C@H]2[C@@H]1NS(=O)(=O)c1sccc1C1CC1. The van der Waals surface area contributed by atoms with Crippen LogP contribution in [0.3, 0.4) is 0 Å². The summed E-state index contributed by atoms with van der Waals surface area (Å²) in [6.07, 6.45) is 4.94. The summed E-state index contributed by atoms with van der Waals surface area (Å²) in [6, 6.07) is 1.45. The topological polar surface area (TPSA) is 83.5 Å². The van der Waals surface area contributed by atoms with E-state index in [9.17, 15) is 18.3 Å². The van der Waals surface area contributed by atoms with E-state index in [4.69, 9.17) is 0 Å². The van der Waals surface area contributed by atoms with Gasteiger partial charge in [-0.05, 0) is 60.4 Å². The fourth-order valence-corrected chi connectivity index (χ4v) is 7.11. The van der Waals surface area contributed by atoms with E-state index in [1.54, 1.807) is 0 Å². The molecular weight excluding hydrogens is 322 g/mol. The van der Waals surface area contributed by atoms with Crippen LogP contribution in [0.15, 0.2) is 15.7 Å². The Kier molecular flexibility index (Phi) is 3.36. The van der Waals surface area contributed by atoms with Crippen molar-refractivity contribution >= 4 is 27.3 Å². The normalized spacial score (nSPS) is 34.2. The number of thiophene rings is 1. The smallest absolute Gasteiger partial charge is 0.308 e. The standard InChI is InChI=1S/C15H19NO4S2/c17-14(18)12-10-2-1-3-11(10)13(12)16-22(19,20)15-9(6-7-21-15)8-4-5-8/h6-8,10-13,16H,1-5H2,(H,17,18)/t10-,11+,12-,13-/m0/s1. The molecule has 4 rings (SSSR count). The molecular formula is C15H19NO4S2. The van der Waals surface area contributed by atoms with Crippen molar-refractivity contribution in [3.05, 3.63) is 17.0 Å². The summed E-state index contributed by atoms with van der Waals surface area (Å²) in [5, 5.41) is 11.2. The lowest BCUT2D eigenvalue weighted by atomic mass is 9.63. The lowest BCUT2D eigenvalue weighted by Crippen LogP contribution is -2.60. The molecule has 22 heavy (non-hydrogen) atoms. The van der Waals surface area contributed by atoms with Gasteiger partial charge in [0.25, 0.3) is 10.0 Å². The van der Waals surface area contributed by atoms with Crippen LogP contribution in [-0.2, 0) is 14.8 Å². The second-order valence-corrected chi connectivity index (χ2v) is 9.53. The summed E-state index contributed by atoms with van der Waals surface area (Å²) in [4.78, 5) is 11.5. The Bertz CT molecular complexity index is 707. The number of carbonyl (C=O) groups is 1. The summed E-state index contributed by atoms with van der Waals surface area (Å²) in [6.45, 7) is 0. The van der Waals surface area contributed by atoms with E-state index < -0.39 is 28.0 Å². The number of nitrogens with one attached hydrogen (secondary N) is 1. The molecule has 4 atom stereocenters. The molecule has 1 aromatic heterocycles. The van der Waals surface area contributed by atoms with E-state index >= 15 is 0 Å². The van der Waals surface area contributed by atoms with E-state index in [0.29, 0.717) is 10.1 Å². The van der Waals surface area contributed by atoms with Gasteiger partial charge in [0.05, 0.1) is 5.92 Å². The van der Waals surface area contributed by atoms with Crippen LogP contribution in [0.25, 0.3) is 0 Å². The molecule has 3 fully saturated rings. The molecule has 0 amide bonds.